The Labute approximate surface area is 217 Å². The average molecular weight is 534 g/mol. The standard InChI is InChI=1S/C25H35N5O4S2/c26-25(27)29-12-9-18(10-13-29)16-35-17-21-6-3-11-30(21)24(32)23(15-31)28-36(33,34)22-8-7-19-4-1-2-5-20(19)14-22/h1-2,4-5,7-8,14,18,21,23,28,31H,3,6,9-13,15-17H2,(H3,26,27)/t21-,23+/m0/s1. The van der Waals surface area contributed by atoms with Crippen molar-refractivity contribution >= 4 is 44.4 Å². The number of fused-ring (bicyclic) bond motifs is 1. The first-order valence-corrected chi connectivity index (χ1v) is 15.0. The van der Waals surface area contributed by atoms with Crippen LogP contribution in [0.3, 0.4) is 0 Å². The van der Waals surface area contributed by atoms with Gasteiger partial charge in [-0.3, -0.25) is 10.2 Å². The van der Waals surface area contributed by atoms with Gasteiger partial charge in [0, 0.05) is 31.4 Å². The summed E-state index contributed by atoms with van der Waals surface area (Å²) in [4.78, 5) is 17.0. The van der Waals surface area contributed by atoms with E-state index in [9.17, 15) is 18.3 Å². The second-order valence-electron chi connectivity index (χ2n) is 9.55. The molecule has 0 bridgehead atoms. The number of nitrogens with zero attached hydrogens (tertiary/aromatic N) is 2. The van der Waals surface area contributed by atoms with Crippen LogP contribution >= 0.6 is 11.8 Å². The van der Waals surface area contributed by atoms with E-state index in [-0.39, 0.29) is 22.8 Å². The van der Waals surface area contributed by atoms with Crippen molar-refractivity contribution in [3.8, 4) is 0 Å². The van der Waals surface area contributed by atoms with E-state index in [4.69, 9.17) is 11.1 Å². The van der Waals surface area contributed by atoms with Crippen molar-refractivity contribution in [3.05, 3.63) is 42.5 Å². The summed E-state index contributed by atoms with van der Waals surface area (Å²) in [5, 5.41) is 19.2. The molecule has 2 aromatic carbocycles. The highest BCUT2D eigenvalue weighted by atomic mass is 32.2. The van der Waals surface area contributed by atoms with E-state index in [0.717, 1.165) is 61.1 Å². The second kappa shape index (κ2) is 11.8. The molecule has 2 fully saturated rings. The fraction of sp³-hybridized carbons (Fsp3) is 0.520. The molecular formula is C25H35N5O4S2. The van der Waals surface area contributed by atoms with Crippen molar-refractivity contribution in [1.82, 2.24) is 14.5 Å². The minimum atomic E-state index is -3.99. The molecule has 9 nitrogen and oxygen atoms in total. The van der Waals surface area contributed by atoms with Crippen LogP contribution in [0.5, 0.6) is 0 Å². The van der Waals surface area contributed by atoms with Crippen molar-refractivity contribution in [2.45, 2.75) is 42.7 Å². The molecule has 0 aliphatic carbocycles. The number of nitrogens with two attached hydrogens (primary N) is 1. The summed E-state index contributed by atoms with van der Waals surface area (Å²) in [5.74, 6) is 2.10. The van der Waals surface area contributed by atoms with E-state index in [1.807, 2.05) is 40.9 Å². The fourth-order valence-electron chi connectivity index (χ4n) is 4.97. The van der Waals surface area contributed by atoms with E-state index in [1.165, 1.54) is 6.07 Å². The van der Waals surface area contributed by atoms with E-state index in [1.54, 1.807) is 17.0 Å². The number of hydrogen-bond donors (Lipinski definition) is 4. The number of carbonyl (C=O) groups excluding carboxylic acids is 1. The maximum Gasteiger partial charge on any atom is 0.243 e. The van der Waals surface area contributed by atoms with Gasteiger partial charge in [-0.15, -0.1) is 0 Å². The summed E-state index contributed by atoms with van der Waals surface area (Å²) in [7, 11) is -3.99. The summed E-state index contributed by atoms with van der Waals surface area (Å²) in [6.07, 6.45) is 3.74. The first kappa shape index (κ1) is 26.7. The highest BCUT2D eigenvalue weighted by Crippen LogP contribution is 2.27. The predicted octanol–water partition coefficient (Wildman–Crippen LogP) is 1.81. The van der Waals surface area contributed by atoms with Crippen LogP contribution in [-0.4, -0.2) is 85.0 Å². The maximum atomic E-state index is 13.3. The fourth-order valence-corrected chi connectivity index (χ4v) is 7.60. The molecular weight excluding hydrogens is 498 g/mol. The molecule has 4 rings (SSSR count). The Morgan fingerprint density at radius 2 is 1.83 bits per heavy atom. The molecule has 11 heteroatoms. The molecule has 2 aliphatic heterocycles. The molecule has 196 valence electrons. The lowest BCUT2D eigenvalue weighted by Gasteiger charge is -2.32. The number of hydrogen-bond acceptors (Lipinski definition) is 6. The Kier molecular flexibility index (Phi) is 8.76. The molecule has 2 aromatic rings. The normalized spacial score (nSPS) is 20.1. The van der Waals surface area contributed by atoms with E-state index < -0.39 is 22.7 Å². The SMILES string of the molecule is N=C(N)N1CCC(CSC[C@@H]2CCCN2C(=O)[C@@H](CO)NS(=O)(=O)c2ccc3ccccc3c2)CC1. The molecule has 36 heavy (non-hydrogen) atoms. The number of likely N-dealkylation sites (tertiary alicyclic amines) is 2. The molecule has 2 heterocycles. The first-order chi connectivity index (χ1) is 17.3. The topological polar surface area (TPSA) is 140 Å². The summed E-state index contributed by atoms with van der Waals surface area (Å²) in [6.45, 7) is 1.58. The van der Waals surface area contributed by atoms with Crippen molar-refractivity contribution in [1.29, 1.82) is 5.41 Å². The van der Waals surface area contributed by atoms with Crippen LogP contribution in [0.1, 0.15) is 25.7 Å². The van der Waals surface area contributed by atoms with Crippen LogP contribution in [0.4, 0.5) is 0 Å². The molecule has 0 spiro atoms. The highest BCUT2D eigenvalue weighted by molar-refractivity contribution is 7.99. The third-order valence-corrected chi connectivity index (χ3v) is 9.89. The second-order valence-corrected chi connectivity index (χ2v) is 12.3. The summed E-state index contributed by atoms with van der Waals surface area (Å²) >= 11 is 1.82. The third-order valence-electron chi connectivity index (χ3n) is 7.09. The Bertz CT molecular complexity index is 1180. The number of aliphatic hydroxyl groups is 1. The molecule has 0 aromatic heterocycles. The van der Waals surface area contributed by atoms with Crippen molar-refractivity contribution < 1.29 is 18.3 Å². The van der Waals surface area contributed by atoms with Crippen LogP contribution in [0.2, 0.25) is 0 Å². The molecule has 0 radical (unpaired) electrons. The highest BCUT2D eigenvalue weighted by Gasteiger charge is 2.35. The zero-order chi connectivity index (χ0) is 25.7. The minimum Gasteiger partial charge on any atom is -0.394 e. The smallest absolute Gasteiger partial charge is 0.243 e. The molecule has 2 aliphatic rings. The number of rotatable bonds is 9. The Balaban J connectivity index is 1.33. The van der Waals surface area contributed by atoms with Crippen molar-refractivity contribution in [2.75, 3.05) is 37.7 Å². The number of carbonyl (C=O) groups is 1. The van der Waals surface area contributed by atoms with E-state index in [0.29, 0.717) is 12.5 Å². The average Bonchev–Trinajstić information content (AvgIpc) is 3.35. The molecule has 1 amide bonds. The third kappa shape index (κ3) is 6.31. The summed E-state index contributed by atoms with van der Waals surface area (Å²) in [5.41, 5.74) is 5.57. The molecule has 5 N–H and O–H groups in total. The number of thioether (sulfide) groups is 1. The van der Waals surface area contributed by atoms with Gasteiger partial charge in [-0.2, -0.15) is 16.5 Å². The first-order valence-electron chi connectivity index (χ1n) is 12.4. The van der Waals surface area contributed by atoms with Gasteiger partial charge >= 0.3 is 0 Å². The van der Waals surface area contributed by atoms with Crippen LogP contribution in [-0.2, 0) is 14.8 Å². The summed E-state index contributed by atoms with van der Waals surface area (Å²) < 4.78 is 28.5. The monoisotopic (exact) mass is 533 g/mol. The quantitative estimate of drug-likeness (QED) is 0.285. The Hall–Kier alpha value is -2.34. The number of sulfonamides is 1. The van der Waals surface area contributed by atoms with Gasteiger partial charge in [0.05, 0.1) is 11.5 Å². The molecule has 0 saturated carbocycles. The van der Waals surface area contributed by atoms with E-state index in [2.05, 4.69) is 4.72 Å². The largest absolute Gasteiger partial charge is 0.394 e. The van der Waals surface area contributed by atoms with Gasteiger partial charge in [0.1, 0.15) is 6.04 Å². The number of benzene rings is 2. The lowest BCUT2D eigenvalue weighted by molar-refractivity contribution is -0.134. The zero-order valence-corrected chi connectivity index (χ0v) is 21.9. The zero-order valence-electron chi connectivity index (χ0n) is 20.3. The number of aliphatic hydroxyl groups excluding tert-OH is 1. The molecule has 2 saturated heterocycles. The van der Waals surface area contributed by atoms with Crippen LogP contribution in [0.25, 0.3) is 10.8 Å². The van der Waals surface area contributed by atoms with Gasteiger partial charge < -0.3 is 20.6 Å². The van der Waals surface area contributed by atoms with Gasteiger partial charge in [0.15, 0.2) is 5.96 Å². The van der Waals surface area contributed by atoms with Gasteiger partial charge in [0.2, 0.25) is 15.9 Å². The van der Waals surface area contributed by atoms with Gasteiger partial charge in [-0.1, -0.05) is 30.3 Å². The summed E-state index contributed by atoms with van der Waals surface area (Å²) in [6, 6.07) is 11.1. The van der Waals surface area contributed by atoms with Crippen molar-refractivity contribution in [3.63, 3.8) is 0 Å². The Morgan fingerprint density at radius 3 is 2.53 bits per heavy atom. The van der Waals surface area contributed by atoms with E-state index >= 15 is 0 Å². The molecule has 2 atom stereocenters. The minimum absolute atomic E-state index is 0.0269. The van der Waals surface area contributed by atoms with Gasteiger partial charge in [0.25, 0.3) is 0 Å². The van der Waals surface area contributed by atoms with Crippen LogP contribution < -0.4 is 10.5 Å². The van der Waals surface area contributed by atoms with Gasteiger partial charge in [-0.05, 0) is 60.3 Å². The lowest BCUT2D eigenvalue weighted by atomic mass is 9.99. The lowest BCUT2D eigenvalue weighted by Crippen LogP contribution is -2.52. The van der Waals surface area contributed by atoms with Crippen molar-refractivity contribution in [2.24, 2.45) is 11.7 Å². The van der Waals surface area contributed by atoms with Gasteiger partial charge in [-0.25, -0.2) is 8.42 Å². The number of nitrogens with one attached hydrogen (secondary N) is 2. The number of guanidine groups is 1. The maximum absolute atomic E-state index is 13.3. The number of amides is 1. The Morgan fingerprint density at radius 1 is 1.11 bits per heavy atom. The molecule has 0 unspecified atom stereocenters. The number of piperidine rings is 1. The van der Waals surface area contributed by atoms with Crippen LogP contribution in [0.15, 0.2) is 47.4 Å². The predicted molar refractivity (Wildman–Crippen MR) is 143 cm³/mol. The van der Waals surface area contributed by atoms with Crippen LogP contribution in [0, 0.1) is 11.3 Å².